The van der Waals surface area contributed by atoms with E-state index in [-0.39, 0.29) is 0 Å². The highest BCUT2D eigenvalue weighted by atomic mass is 32.1. The van der Waals surface area contributed by atoms with Crippen LogP contribution in [-0.4, -0.2) is 0 Å². The van der Waals surface area contributed by atoms with Crippen LogP contribution in [0.1, 0.15) is 5.56 Å². The van der Waals surface area contributed by atoms with E-state index in [2.05, 4.69) is 0 Å². The van der Waals surface area contributed by atoms with Crippen LogP contribution in [0.25, 0.3) is 20.5 Å². The number of benzene rings is 3. The van der Waals surface area contributed by atoms with Crippen molar-refractivity contribution in [2.45, 2.75) is 6.18 Å². The summed E-state index contributed by atoms with van der Waals surface area (Å²) in [5, 5.41) is 0.941. The Hall–Kier alpha value is -2.79. The molecule has 1 aromatic heterocycles. The van der Waals surface area contributed by atoms with Crippen molar-refractivity contribution in [3.63, 3.8) is 0 Å². The second-order valence-electron chi connectivity index (χ2n) is 5.75. The molecule has 0 atom stereocenters. The van der Waals surface area contributed by atoms with Gasteiger partial charge in [-0.05, 0) is 42.0 Å². The third-order valence-electron chi connectivity index (χ3n) is 3.99. The Bertz CT molecular complexity index is 1030. The van der Waals surface area contributed by atoms with E-state index in [1.54, 1.807) is 0 Å². The molecule has 0 aliphatic heterocycles. The van der Waals surface area contributed by atoms with Crippen LogP contribution in [0.5, 0.6) is 11.5 Å². The third kappa shape index (κ3) is 3.18. The monoisotopic (exact) mass is 370 g/mol. The summed E-state index contributed by atoms with van der Waals surface area (Å²) in [6, 6.07) is 22.3. The van der Waals surface area contributed by atoms with E-state index in [0.29, 0.717) is 17.1 Å². The van der Waals surface area contributed by atoms with Gasteiger partial charge in [-0.25, -0.2) is 0 Å². The van der Waals surface area contributed by atoms with Gasteiger partial charge in [0.1, 0.15) is 5.75 Å². The van der Waals surface area contributed by atoms with E-state index in [4.69, 9.17) is 4.74 Å². The van der Waals surface area contributed by atoms with Crippen LogP contribution < -0.4 is 4.74 Å². The van der Waals surface area contributed by atoms with Crippen molar-refractivity contribution < 1.29 is 17.9 Å². The van der Waals surface area contributed by atoms with Crippen LogP contribution in [0.15, 0.2) is 78.9 Å². The second-order valence-corrected chi connectivity index (χ2v) is 6.80. The summed E-state index contributed by atoms with van der Waals surface area (Å²) < 4.78 is 45.6. The highest BCUT2D eigenvalue weighted by molar-refractivity contribution is 7.22. The summed E-state index contributed by atoms with van der Waals surface area (Å²) in [7, 11) is 0. The average molecular weight is 370 g/mol. The standard InChI is InChI=1S/C21H13F3OS/c22-21(23,24)15-12-10-14(11-13-15)20-19(25-16-6-2-1-3-7-16)17-8-4-5-9-18(17)26-20/h1-13H. The van der Waals surface area contributed by atoms with Crippen molar-refractivity contribution in [2.75, 3.05) is 0 Å². The van der Waals surface area contributed by atoms with Gasteiger partial charge in [-0.1, -0.05) is 42.5 Å². The Morgan fingerprint density at radius 2 is 1.38 bits per heavy atom. The molecule has 0 unspecified atom stereocenters. The third-order valence-corrected chi connectivity index (χ3v) is 5.19. The zero-order valence-electron chi connectivity index (χ0n) is 13.5. The fourth-order valence-electron chi connectivity index (χ4n) is 2.73. The van der Waals surface area contributed by atoms with Crippen molar-refractivity contribution in [3.8, 4) is 21.9 Å². The van der Waals surface area contributed by atoms with E-state index in [9.17, 15) is 13.2 Å². The number of alkyl halides is 3. The number of thiophene rings is 1. The Balaban J connectivity index is 1.83. The summed E-state index contributed by atoms with van der Waals surface area (Å²) >= 11 is 1.50. The summed E-state index contributed by atoms with van der Waals surface area (Å²) in [5.41, 5.74) is 0.0398. The largest absolute Gasteiger partial charge is 0.455 e. The lowest BCUT2D eigenvalue weighted by molar-refractivity contribution is -0.137. The predicted octanol–water partition coefficient (Wildman–Crippen LogP) is 7.38. The minimum absolute atomic E-state index is 0.659. The maximum absolute atomic E-state index is 12.8. The molecule has 1 heterocycles. The van der Waals surface area contributed by atoms with Gasteiger partial charge in [-0.3, -0.25) is 0 Å². The SMILES string of the molecule is FC(F)(F)c1ccc(-c2sc3ccccc3c2Oc2ccccc2)cc1. The second kappa shape index (κ2) is 6.50. The lowest BCUT2D eigenvalue weighted by Crippen LogP contribution is -2.03. The number of fused-ring (bicyclic) bond motifs is 1. The molecule has 5 heteroatoms. The Morgan fingerprint density at radius 1 is 0.731 bits per heavy atom. The zero-order valence-corrected chi connectivity index (χ0v) is 14.3. The molecule has 4 rings (SSSR count). The van der Waals surface area contributed by atoms with Crippen molar-refractivity contribution in [1.82, 2.24) is 0 Å². The molecule has 0 amide bonds. The van der Waals surface area contributed by atoms with Gasteiger partial charge in [0.05, 0.1) is 10.4 Å². The van der Waals surface area contributed by atoms with Crippen LogP contribution in [-0.2, 0) is 6.18 Å². The Morgan fingerprint density at radius 3 is 2.08 bits per heavy atom. The van der Waals surface area contributed by atoms with Gasteiger partial charge in [0, 0.05) is 10.1 Å². The molecule has 0 bridgehead atoms. The quantitative estimate of drug-likeness (QED) is 0.365. The molecule has 0 aliphatic rings. The van der Waals surface area contributed by atoms with E-state index in [0.717, 1.165) is 27.1 Å². The maximum Gasteiger partial charge on any atom is 0.416 e. The first-order valence-corrected chi connectivity index (χ1v) is 8.76. The smallest absolute Gasteiger partial charge is 0.416 e. The minimum atomic E-state index is -4.35. The Labute approximate surface area is 152 Å². The molecule has 0 saturated carbocycles. The fourth-order valence-corrected chi connectivity index (χ4v) is 3.87. The van der Waals surface area contributed by atoms with Gasteiger partial charge in [0.2, 0.25) is 0 Å². The highest BCUT2D eigenvalue weighted by Crippen LogP contribution is 2.46. The average Bonchev–Trinajstić information content (AvgIpc) is 3.01. The van der Waals surface area contributed by atoms with Gasteiger partial charge in [0.25, 0.3) is 0 Å². The lowest BCUT2D eigenvalue weighted by atomic mass is 10.1. The normalized spacial score (nSPS) is 11.7. The molecule has 26 heavy (non-hydrogen) atoms. The fraction of sp³-hybridized carbons (Fsp3) is 0.0476. The van der Waals surface area contributed by atoms with E-state index in [1.807, 2.05) is 54.6 Å². The molecular weight excluding hydrogens is 357 g/mol. The summed E-state index contributed by atoms with van der Waals surface area (Å²) in [4.78, 5) is 0.809. The van der Waals surface area contributed by atoms with Crippen LogP contribution in [0.4, 0.5) is 13.2 Å². The van der Waals surface area contributed by atoms with E-state index >= 15 is 0 Å². The summed E-state index contributed by atoms with van der Waals surface area (Å²) in [5.74, 6) is 1.35. The van der Waals surface area contributed by atoms with Crippen LogP contribution in [0.3, 0.4) is 0 Å². The molecule has 0 saturated heterocycles. The van der Waals surface area contributed by atoms with E-state index in [1.165, 1.54) is 23.5 Å². The number of hydrogen-bond acceptors (Lipinski definition) is 2. The summed E-state index contributed by atoms with van der Waals surface area (Å²) in [6.45, 7) is 0. The molecule has 1 nitrogen and oxygen atoms in total. The lowest BCUT2D eigenvalue weighted by Gasteiger charge is -2.10. The number of ether oxygens (including phenoxy) is 1. The van der Waals surface area contributed by atoms with Crippen LogP contribution in [0.2, 0.25) is 0 Å². The van der Waals surface area contributed by atoms with Crippen molar-refractivity contribution >= 4 is 21.4 Å². The van der Waals surface area contributed by atoms with Crippen molar-refractivity contribution in [2.24, 2.45) is 0 Å². The molecule has 130 valence electrons. The predicted molar refractivity (Wildman–Crippen MR) is 98.8 cm³/mol. The van der Waals surface area contributed by atoms with Gasteiger partial charge < -0.3 is 4.74 Å². The zero-order chi connectivity index (χ0) is 18.1. The van der Waals surface area contributed by atoms with Gasteiger partial charge >= 0.3 is 6.18 Å². The van der Waals surface area contributed by atoms with Crippen LogP contribution >= 0.6 is 11.3 Å². The van der Waals surface area contributed by atoms with Crippen LogP contribution in [0, 0.1) is 0 Å². The van der Waals surface area contributed by atoms with Gasteiger partial charge in [-0.15, -0.1) is 11.3 Å². The molecule has 0 spiro atoms. The van der Waals surface area contributed by atoms with Gasteiger partial charge in [0.15, 0.2) is 5.75 Å². The molecule has 0 fully saturated rings. The highest BCUT2D eigenvalue weighted by Gasteiger charge is 2.30. The van der Waals surface area contributed by atoms with Gasteiger partial charge in [-0.2, -0.15) is 13.2 Å². The maximum atomic E-state index is 12.8. The number of halogens is 3. The number of rotatable bonds is 3. The van der Waals surface area contributed by atoms with Crippen molar-refractivity contribution in [1.29, 1.82) is 0 Å². The molecule has 0 radical (unpaired) electrons. The minimum Gasteiger partial charge on any atom is -0.455 e. The first-order chi connectivity index (χ1) is 12.5. The first-order valence-electron chi connectivity index (χ1n) is 7.94. The van der Waals surface area contributed by atoms with Crippen molar-refractivity contribution in [3.05, 3.63) is 84.4 Å². The van der Waals surface area contributed by atoms with E-state index < -0.39 is 11.7 Å². The first kappa shape index (κ1) is 16.7. The molecule has 0 aliphatic carbocycles. The summed E-state index contributed by atoms with van der Waals surface area (Å²) in [6.07, 6.45) is -4.35. The number of hydrogen-bond donors (Lipinski definition) is 0. The number of para-hydroxylation sites is 1. The molecular formula is C21H13F3OS. The molecule has 4 aromatic rings. The molecule has 3 aromatic carbocycles. The Kier molecular flexibility index (Phi) is 4.17. The topological polar surface area (TPSA) is 9.23 Å². The molecule has 0 N–H and O–H groups in total.